The number of rotatable bonds is 4. The first-order valence-corrected chi connectivity index (χ1v) is 6.20. The molecule has 0 bridgehead atoms. The summed E-state index contributed by atoms with van der Waals surface area (Å²) in [5.74, 6) is 0.537. The second-order valence-electron chi connectivity index (χ2n) is 4.29. The van der Waals surface area contributed by atoms with Gasteiger partial charge in [-0.3, -0.25) is 0 Å². The van der Waals surface area contributed by atoms with E-state index < -0.39 is 0 Å². The number of hydrogen-bond acceptors (Lipinski definition) is 2. The van der Waals surface area contributed by atoms with Crippen molar-refractivity contribution in [3.05, 3.63) is 58.8 Å². The summed E-state index contributed by atoms with van der Waals surface area (Å²) >= 11 is 6.03. The minimum Gasteiger partial charge on any atom is -0.468 e. The van der Waals surface area contributed by atoms with E-state index in [4.69, 9.17) is 16.0 Å². The summed E-state index contributed by atoms with van der Waals surface area (Å²) in [6.07, 6.45) is 1.64. The van der Waals surface area contributed by atoms with Crippen LogP contribution in [0.15, 0.2) is 41.0 Å². The maximum atomic E-state index is 13.0. The van der Waals surface area contributed by atoms with Crippen molar-refractivity contribution in [2.75, 3.05) is 0 Å². The molecule has 2 aromatic rings. The fraction of sp³-hybridized carbons (Fsp3) is 0.286. The fourth-order valence-corrected chi connectivity index (χ4v) is 2.27. The molecule has 0 aliphatic rings. The molecule has 0 amide bonds. The van der Waals surface area contributed by atoms with Gasteiger partial charge in [-0.15, -0.1) is 0 Å². The standard InChI is InChI=1S/C14H15ClFNO/c1-9(12-6-5-11(16)8-13(12)15)17-10(2)14-4-3-7-18-14/h3-10,17H,1-2H3. The van der Waals surface area contributed by atoms with E-state index in [1.165, 1.54) is 12.1 Å². The molecule has 0 aliphatic heterocycles. The molecule has 2 atom stereocenters. The third kappa shape index (κ3) is 2.92. The molecule has 1 aromatic heterocycles. The molecule has 1 heterocycles. The second kappa shape index (κ2) is 5.55. The van der Waals surface area contributed by atoms with Gasteiger partial charge in [0.2, 0.25) is 0 Å². The highest BCUT2D eigenvalue weighted by Crippen LogP contribution is 2.26. The van der Waals surface area contributed by atoms with Crippen molar-refractivity contribution in [3.8, 4) is 0 Å². The number of hydrogen-bond donors (Lipinski definition) is 1. The van der Waals surface area contributed by atoms with Crippen molar-refractivity contribution in [1.29, 1.82) is 0 Å². The lowest BCUT2D eigenvalue weighted by Gasteiger charge is -2.19. The van der Waals surface area contributed by atoms with E-state index in [0.29, 0.717) is 5.02 Å². The maximum Gasteiger partial charge on any atom is 0.124 e. The highest BCUT2D eigenvalue weighted by molar-refractivity contribution is 6.31. The van der Waals surface area contributed by atoms with Crippen LogP contribution in [-0.4, -0.2) is 0 Å². The normalized spacial score (nSPS) is 14.4. The molecule has 96 valence electrons. The predicted molar refractivity (Wildman–Crippen MR) is 70.1 cm³/mol. The highest BCUT2D eigenvalue weighted by atomic mass is 35.5. The molecule has 18 heavy (non-hydrogen) atoms. The van der Waals surface area contributed by atoms with Gasteiger partial charge in [0.1, 0.15) is 11.6 Å². The van der Waals surface area contributed by atoms with E-state index >= 15 is 0 Å². The SMILES string of the molecule is CC(NC(C)c1ccc(F)cc1Cl)c1ccco1. The number of furan rings is 1. The van der Waals surface area contributed by atoms with Crippen LogP contribution in [0.3, 0.4) is 0 Å². The van der Waals surface area contributed by atoms with Crippen molar-refractivity contribution in [2.24, 2.45) is 0 Å². The number of halogens is 2. The molecule has 0 fully saturated rings. The smallest absolute Gasteiger partial charge is 0.124 e. The van der Waals surface area contributed by atoms with E-state index in [1.54, 1.807) is 12.3 Å². The van der Waals surface area contributed by atoms with Crippen LogP contribution in [0.1, 0.15) is 37.3 Å². The van der Waals surface area contributed by atoms with E-state index in [-0.39, 0.29) is 17.9 Å². The van der Waals surface area contributed by atoms with Crippen molar-refractivity contribution >= 4 is 11.6 Å². The first kappa shape index (κ1) is 13.1. The Labute approximate surface area is 111 Å². The zero-order valence-electron chi connectivity index (χ0n) is 10.3. The summed E-state index contributed by atoms with van der Waals surface area (Å²) in [6, 6.07) is 8.28. The lowest BCUT2D eigenvalue weighted by Crippen LogP contribution is -2.22. The molecule has 0 saturated heterocycles. The topological polar surface area (TPSA) is 25.2 Å². The fourth-order valence-electron chi connectivity index (χ4n) is 1.94. The Morgan fingerprint density at radius 1 is 1.22 bits per heavy atom. The molecule has 4 heteroatoms. The van der Waals surface area contributed by atoms with Crippen LogP contribution in [0.5, 0.6) is 0 Å². The predicted octanol–water partition coefficient (Wildman–Crippen LogP) is 4.48. The summed E-state index contributed by atoms with van der Waals surface area (Å²) in [4.78, 5) is 0. The first-order chi connectivity index (χ1) is 8.58. The monoisotopic (exact) mass is 267 g/mol. The average Bonchev–Trinajstić information content (AvgIpc) is 2.81. The minimum atomic E-state index is -0.324. The summed E-state index contributed by atoms with van der Waals surface area (Å²) in [5, 5.41) is 3.79. The van der Waals surface area contributed by atoms with Crippen LogP contribution in [-0.2, 0) is 0 Å². The third-order valence-corrected chi connectivity index (χ3v) is 3.23. The van der Waals surface area contributed by atoms with Gasteiger partial charge >= 0.3 is 0 Å². The molecule has 2 rings (SSSR count). The van der Waals surface area contributed by atoms with E-state index in [0.717, 1.165) is 11.3 Å². The minimum absolute atomic E-state index is 0.0122. The average molecular weight is 268 g/mol. The lowest BCUT2D eigenvalue weighted by atomic mass is 10.1. The van der Waals surface area contributed by atoms with Gasteiger partial charge in [-0.1, -0.05) is 17.7 Å². The molecule has 2 nitrogen and oxygen atoms in total. The van der Waals surface area contributed by atoms with Crippen molar-refractivity contribution in [3.63, 3.8) is 0 Å². The van der Waals surface area contributed by atoms with Gasteiger partial charge in [0.25, 0.3) is 0 Å². The second-order valence-corrected chi connectivity index (χ2v) is 4.70. The summed E-state index contributed by atoms with van der Waals surface area (Å²) in [7, 11) is 0. The Morgan fingerprint density at radius 3 is 2.61 bits per heavy atom. The zero-order chi connectivity index (χ0) is 13.1. The molecule has 0 aliphatic carbocycles. The molecular weight excluding hydrogens is 253 g/mol. The third-order valence-electron chi connectivity index (χ3n) is 2.90. The van der Waals surface area contributed by atoms with Crippen LogP contribution >= 0.6 is 11.6 Å². The van der Waals surface area contributed by atoms with Crippen LogP contribution in [0, 0.1) is 5.82 Å². The molecule has 2 unspecified atom stereocenters. The lowest BCUT2D eigenvalue weighted by molar-refractivity contribution is 0.403. The molecule has 0 spiro atoms. The van der Waals surface area contributed by atoms with Crippen molar-refractivity contribution in [1.82, 2.24) is 5.32 Å². The Hall–Kier alpha value is -1.32. The van der Waals surface area contributed by atoms with Gasteiger partial charge in [-0.05, 0) is 43.7 Å². The van der Waals surface area contributed by atoms with Crippen LogP contribution in [0.25, 0.3) is 0 Å². The summed E-state index contributed by atoms with van der Waals surface area (Å²) in [5.41, 5.74) is 0.872. The number of benzene rings is 1. The molecule has 1 N–H and O–H groups in total. The van der Waals surface area contributed by atoms with Gasteiger partial charge in [0.05, 0.1) is 12.3 Å². The first-order valence-electron chi connectivity index (χ1n) is 5.82. The Kier molecular flexibility index (Phi) is 4.04. The van der Waals surface area contributed by atoms with E-state index in [9.17, 15) is 4.39 Å². The van der Waals surface area contributed by atoms with Crippen LogP contribution in [0.4, 0.5) is 4.39 Å². The zero-order valence-corrected chi connectivity index (χ0v) is 11.0. The van der Waals surface area contributed by atoms with Gasteiger partial charge in [0, 0.05) is 11.1 Å². The van der Waals surface area contributed by atoms with E-state index in [2.05, 4.69) is 5.32 Å². The van der Waals surface area contributed by atoms with Gasteiger partial charge in [-0.2, -0.15) is 0 Å². The molecule has 0 saturated carbocycles. The van der Waals surface area contributed by atoms with E-state index in [1.807, 2.05) is 26.0 Å². The molecule has 1 aromatic carbocycles. The molecular formula is C14H15ClFNO. The maximum absolute atomic E-state index is 13.0. The Balaban J connectivity index is 2.10. The summed E-state index contributed by atoms with van der Waals surface area (Å²) < 4.78 is 18.3. The van der Waals surface area contributed by atoms with Crippen LogP contribution < -0.4 is 5.32 Å². The summed E-state index contributed by atoms with van der Waals surface area (Å²) in [6.45, 7) is 3.99. The van der Waals surface area contributed by atoms with Crippen LogP contribution in [0.2, 0.25) is 5.02 Å². The highest BCUT2D eigenvalue weighted by Gasteiger charge is 2.15. The largest absolute Gasteiger partial charge is 0.468 e. The number of nitrogens with one attached hydrogen (secondary N) is 1. The van der Waals surface area contributed by atoms with Gasteiger partial charge in [-0.25, -0.2) is 4.39 Å². The Morgan fingerprint density at radius 2 is 2.00 bits per heavy atom. The quantitative estimate of drug-likeness (QED) is 0.883. The van der Waals surface area contributed by atoms with Crippen molar-refractivity contribution in [2.45, 2.75) is 25.9 Å². The van der Waals surface area contributed by atoms with Gasteiger partial charge < -0.3 is 9.73 Å². The van der Waals surface area contributed by atoms with Gasteiger partial charge in [0.15, 0.2) is 0 Å². The Bertz CT molecular complexity index is 513. The van der Waals surface area contributed by atoms with Crippen molar-refractivity contribution < 1.29 is 8.81 Å². The molecule has 0 radical (unpaired) electrons.